The number of fused-ring (bicyclic) bond motifs is 2. The van der Waals surface area contributed by atoms with Crippen molar-refractivity contribution < 1.29 is 39.4 Å². The summed E-state index contributed by atoms with van der Waals surface area (Å²) >= 11 is 0. The van der Waals surface area contributed by atoms with Crippen LogP contribution >= 0.6 is 0 Å². The normalized spacial score (nSPS) is 63.2. The Kier molecular flexibility index (Phi) is 4.82. The van der Waals surface area contributed by atoms with E-state index in [-0.39, 0.29) is 41.9 Å². The molecule has 0 aromatic carbocycles. The predicted molar refractivity (Wildman–Crippen MR) is 115 cm³/mol. The summed E-state index contributed by atoms with van der Waals surface area (Å²) in [6, 6.07) is -0.131. The topological polar surface area (TPSA) is 121 Å². The molecule has 0 unspecified atom stereocenters. The fourth-order valence-electron chi connectivity index (χ4n) is 10.9. The Bertz CT molecular complexity index is 830. The van der Waals surface area contributed by atoms with Crippen molar-refractivity contribution in [3.05, 3.63) is 0 Å². The van der Waals surface area contributed by atoms with Crippen LogP contribution in [0.1, 0.15) is 19.3 Å². The zero-order chi connectivity index (χ0) is 23.7. The number of hydrogen-bond donors (Lipinski definition) is 4. The van der Waals surface area contributed by atoms with Crippen LogP contribution in [0, 0.1) is 34.5 Å². The molecule has 188 valence electrons. The molecule has 33 heavy (non-hydrogen) atoms. The predicted octanol–water partition coefficient (Wildman–Crippen LogP) is -1.15. The number of aliphatic hydroxyl groups is 4. The number of rotatable bonds is 5. The van der Waals surface area contributed by atoms with Gasteiger partial charge in [0, 0.05) is 69.6 Å². The third-order valence-corrected chi connectivity index (χ3v) is 11.3. The zero-order valence-corrected chi connectivity index (χ0v) is 20.2. The molecule has 6 fully saturated rings. The first-order valence-electron chi connectivity index (χ1n) is 12.2. The summed E-state index contributed by atoms with van der Waals surface area (Å²) in [4.78, 5) is 2.31. The first kappa shape index (κ1) is 23.1. The molecule has 0 aromatic heterocycles. The van der Waals surface area contributed by atoms with Gasteiger partial charge in [-0.3, -0.25) is 0 Å². The van der Waals surface area contributed by atoms with Gasteiger partial charge >= 0.3 is 0 Å². The first-order chi connectivity index (χ1) is 15.6. The van der Waals surface area contributed by atoms with Gasteiger partial charge in [-0.25, -0.2) is 0 Å². The number of ether oxygens (including phenoxy) is 4. The average Bonchev–Trinajstić information content (AvgIpc) is 3.16. The number of nitrogens with zero attached hydrogens (tertiary/aromatic N) is 1. The van der Waals surface area contributed by atoms with Crippen molar-refractivity contribution in [3.63, 3.8) is 0 Å². The minimum atomic E-state index is -1.67. The molecule has 6 rings (SSSR count). The summed E-state index contributed by atoms with van der Waals surface area (Å²) < 4.78 is 23.9. The lowest BCUT2D eigenvalue weighted by molar-refractivity contribution is -0.314. The molecule has 9 heteroatoms. The molecular weight excluding hydrogens is 430 g/mol. The lowest BCUT2D eigenvalue weighted by atomic mass is 9.43. The largest absolute Gasteiger partial charge is 0.390 e. The Morgan fingerprint density at radius 2 is 1.70 bits per heavy atom. The minimum Gasteiger partial charge on any atom is -0.390 e. The van der Waals surface area contributed by atoms with E-state index in [1.54, 1.807) is 21.3 Å². The van der Waals surface area contributed by atoms with Gasteiger partial charge in [-0.05, 0) is 32.2 Å². The summed E-state index contributed by atoms with van der Waals surface area (Å²) in [5.41, 5.74) is -3.98. The standard InChI is InChI=1S/C24H39NO8/c1-25-9-21(10-30-2)7-6-12(31-3)23-11-8-22(28)18(26)13(11)24(29,19(27)20(22)33-5)14(17(23)25)15(32-4)16(21)23/h11-20,26-29H,6-10H2,1-5H3/t11-,12+,13-,14+,15+,16-,17-,18-,19+,20+,21+,22-,23+,24-/m1/s1. The zero-order valence-electron chi connectivity index (χ0n) is 20.2. The third kappa shape index (κ3) is 2.15. The quantitative estimate of drug-likeness (QED) is 0.396. The van der Waals surface area contributed by atoms with E-state index < -0.39 is 46.8 Å². The van der Waals surface area contributed by atoms with Gasteiger partial charge in [0.1, 0.15) is 23.4 Å². The highest BCUT2D eigenvalue weighted by atomic mass is 16.5. The molecule has 0 aromatic rings. The number of hydrogen-bond acceptors (Lipinski definition) is 9. The Labute approximate surface area is 194 Å². The maximum atomic E-state index is 12.5. The molecule has 0 radical (unpaired) electrons. The molecule has 1 spiro atoms. The van der Waals surface area contributed by atoms with Gasteiger partial charge in [-0.15, -0.1) is 0 Å². The van der Waals surface area contributed by atoms with Gasteiger partial charge in [0.2, 0.25) is 0 Å². The van der Waals surface area contributed by atoms with E-state index in [0.717, 1.165) is 19.4 Å². The van der Waals surface area contributed by atoms with Crippen LogP contribution < -0.4 is 0 Å². The van der Waals surface area contributed by atoms with Crippen LogP contribution in [0.15, 0.2) is 0 Å². The summed E-state index contributed by atoms with van der Waals surface area (Å²) in [6.45, 7) is 1.36. The van der Waals surface area contributed by atoms with E-state index in [2.05, 4.69) is 11.9 Å². The molecule has 5 aliphatic carbocycles. The Balaban J connectivity index is 1.66. The highest BCUT2D eigenvalue weighted by Gasteiger charge is 2.89. The summed E-state index contributed by atoms with van der Waals surface area (Å²) in [6.07, 6.45) is -2.14. The van der Waals surface area contributed by atoms with Gasteiger partial charge in [0.05, 0.1) is 24.9 Å². The molecule has 6 aliphatic rings. The van der Waals surface area contributed by atoms with Crippen LogP contribution in [0.2, 0.25) is 0 Å². The molecule has 9 nitrogen and oxygen atoms in total. The third-order valence-electron chi connectivity index (χ3n) is 11.3. The van der Waals surface area contributed by atoms with Crippen molar-refractivity contribution in [1.29, 1.82) is 0 Å². The second-order valence-corrected chi connectivity index (χ2v) is 11.9. The second kappa shape index (κ2) is 6.89. The van der Waals surface area contributed by atoms with Crippen molar-refractivity contribution >= 4 is 0 Å². The summed E-state index contributed by atoms with van der Waals surface area (Å²) in [7, 11) is 8.66. The summed E-state index contributed by atoms with van der Waals surface area (Å²) in [5.74, 6) is -1.44. The molecule has 7 bridgehead atoms. The van der Waals surface area contributed by atoms with Crippen molar-refractivity contribution in [2.24, 2.45) is 34.5 Å². The fraction of sp³-hybridized carbons (Fsp3) is 1.00. The second-order valence-electron chi connectivity index (χ2n) is 11.9. The average molecular weight is 470 g/mol. The monoisotopic (exact) mass is 469 g/mol. The summed E-state index contributed by atoms with van der Waals surface area (Å²) in [5, 5.41) is 47.3. The Hall–Kier alpha value is -0.360. The van der Waals surface area contributed by atoms with E-state index in [1.165, 1.54) is 7.11 Å². The van der Waals surface area contributed by atoms with Crippen LogP contribution in [0.25, 0.3) is 0 Å². The molecule has 0 amide bonds. The number of likely N-dealkylation sites (tertiary alicyclic amines) is 1. The van der Waals surface area contributed by atoms with Gasteiger partial charge in [-0.2, -0.15) is 0 Å². The van der Waals surface area contributed by atoms with Crippen molar-refractivity contribution in [1.82, 2.24) is 4.90 Å². The van der Waals surface area contributed by atoms with E-state index in [1.807, 2.05) is 0 Å². The van der Waals surface area contributed by atoms with E-state index in [9.17, 15) is 20.4 Å². The van der Waals surface area contributed by atoms with Gasteiger partial charge < -0.3 is 44.3 Å². The number of methoxy groups -OCH3 is 4. The van der Waals surface area contributed by atoms with Crippen LogP contribution in [0.3, 0.4) is 0 Å². The SMILES string of the molecule is COC[C@@]12CC[C@H](OC)[C@@]34[C@@H]5C[C@@]6(O)[C@H](O)[C@@H]5[C@@](O)([C@@H]([C@H](OC)[C@H]13)[C@H]4N(C)C2)[C@@H](O)[C@@H]6OC. The highest BCUT2D eigenvalue weighted by molar-refractivity contribution is 5.39. The van der Waals surface area contributed by atoms with E-state index in [0.29, 0.717) is 6.61 Å². The maximum absolute atomic E-state index is 12.5. The Morgan fingerprint density at radius 1 is 0.970 bits per heavy atom. The smallest absolute Gasteiger partial charge is 0.120 e. The highest BCUT2D eigenvalue weighted by Crippen LogP contribution is 2.79. The molecule has 1 aliphatic heterocycles. The molecule has 1 saturated heterocycles. The lowest BCUT2D eigenvalue weighted by Gasteiger charge is -2.69. The van der Waals surface area contributed by atoms with Gasteiger partial charge in [-0.1, -0.05) is 0 Å². The minimum absolute atomic E-state index is 0.00206. The lowest BCUT2D eigenvalue weighted by Crippen LogP contribution is -2.79. The first-order valence-corrected chi connectivity index (χ1v) is 12.2. The van der Waals surface area contributed by atoms with Gasteiger partial charge in [0.15, 0.2) is 0 Å². The molecule has 14 atom stereocenters. The molecular formula is C24H39NO8. The Morgan fingerprint density at radius 3 is 2.30 bits per heavy atom. The van der Waals surface area contributed by atoms with E-state index >= 15 is 0 Å². The maximum Gasteiger partial charge on any atom is 0.120 e. The van der Waals surface area contributed by atoms with Crippen molar-refractivity contribution in [2.45, 2.75) is 67.0 Å². The number of aliphatic hydroxyl groups excluding tert-OH is 2. The van der Waals surface area contributed by atoms with Crippen LogP contribution in [-0.2, 0) is 18.9 Å². The molecule has 4 N–H and O–H groups in total. The van der Waals surface area contributed by atoms with Crippen molar-refractivity contribution in [2.75, 3.05) is 48.6 Å². The number of piperidine rings is 1. The fourth-order valence-corrected chi connectivity index (χ4v) is 10.9. The van der Waals surface area contributed by atoms with Crippen LogP contribution in [-0.4, -0.2) is 122 Å². The van der Waals surface area contributed by atoms with Gasteiger partial charge in [0.25, 0.3) is 0 Å². The van der Waals surface area contributed by atoms with Crippen LogP contribution in [0.5, 0.6) is 0 Å². The van der Waals surface area contributed by atoms with Crippen LogP contribution in [0.4, 0.5) is 0 Å². The molecule has 5 saturated carbocycles. The van der Waals surface area contributed by atoms with E-state index in [4.69, 9.17) is 18.9 Å². The molecule has 1 heterocycles. The van der Waals surface area contributed by atoms with Crippen molar-refractivity contribution in [3.8, 4) is 0 Å².